The molecule has 1 heterocycles. The lowest BCUT2D eigenvalue weighted by atomic mass is 9.91. The van der Waals surface area contributed by atoms with Crippen molar-refractivity contribution in [1.29, 1.82) is 0 Å². The molecule has 0 amide bonds. The largest absolute Gasteiger partial charge is 0.328 e. The van der Waals surface area contributed by atoms with Crippen LogP contribution in [0.25, 0.3) is 0 Å². The maximum Gasteiger partial charge on any atom is 0.147 e. The molecule has 0 bridgehead atoms. The molecule has 2 unspecified atom stereocenters. The molecule has 0 N–H and O–H groups in total. The van der Waals surface area contributed by atoms with E-state index in [0.717, 1.165) is 17.4 Å². The predicted octanol–water partition coefficient (Wildman–Crippen LogP) is 0.763. The van der Waals surface area contributed by atoms with E-state index in [1.165, 1.54) is 12.8 Å². The zero-order valence-corrected chi connectivity index (χ0v) is 10.5. The highest BCUT2D eigenvalue weighted by atomic mass is 32.2. The van der Waals surface area contributed by atoms with Crippen LogP contribution in [0, 0.1) is 11.8 Å². The molecule has 4 heteroatoms. The Bertz CT molecular complexity index is 295. The predicted molar refractivity (Wildman–Crippen MR) is 58.8 cm³/mol. The Morgan fingerprint density at radius 3 is 2.29 bits per heavy atom. The van der Waals surface area contributed by atoms with Gasteiger partial charge in [-0.2, -0.15) is 0 Å². The Morgan fingerprint density at radius 1 is 1.29 bits per heavy atom. The fourth-order valence-electron chi connectivity index (χ4n) is 2.88. The molecule has 0 spiro atoms. The van der Waals surface area contributed by atoms with Crippen molar-refractivity contribution in [2.45, 2.75) is 13.3 Å². The van der Waals surface area contributed by atoms with E-state index in [1.807, 2.05) is 0 Å². The van der Waals surface area contributed by atoms with Gasteiger partial charge in [0.1, 0.15) is 9.84 Å². The van der Waals surface area contributed by atoms with Gasteiger partial charge in [0.2, 0.25) is 0 Å². The van der Waals surface area contributed by atoms with E-state index in [-0.39, 0.29) is 0 Å². The number of likely N-dealkylation sites (tertiary alicyclic amines) is 1. The summed E-state index contributed by atoms with van der Waals surface area (Å²) in [7, 11) is 1.56. The molecule has 0 aromatic rings. The fourth-order valence-corrected chi connectivity index (χ4v) is 3.98. The van der Waals surface area contributed by atoms with Crippen molar-refractivity contribution in [1.82, 2.24) is 0 Å². The topological polar surface area (TPSA) is 34.1 Å². The standard InChI is InChI=1S/C10H22NO2S/c1-9-5-10(8-14(4,12)13)7-11(2,3)6-9/h9-10H,5-8H2,1-4H3/q+1. The van der Waals surface area contributed by atoms with Crippen molar-refractivity contribution in [2.75, 3.05) is 39.2 Å². The van der Waals surface area contributed by atoms with Crippen molar-refractivity contribution in [3.8, 4) is 0 Å². The van der Waals surface area contributed by atoms with Crippen LogP contribution >= 0.6 is 0 Å². The van der Waals surface area contributed by atoms with Crippen LogP contribution in [0.3, 0.4) is 0 Å². The number of nitrogens with zero attached hydrogens (tertiary/aromatic N) is 1. The minimum atomic E-state index is -2.81. The molecule has 0 aromatic carbocycles. The molecule has 1 aliphatic heterocycles. The first-order chi connectivity index (χ1) is 6.18. The number of hydrogen-bond donors (Lipinski definition) is 0. The third-order valence-electron chi connectivity index (χ3n) is 2.83. The van der Waals surface area contributed by atoms with Crippen molar-refractivity contribution in [2.24, 2.45) is 11.8 Å². The van der Waals surface area contributed by atoms with Gasteiger partial charge in [-0.1, -0.05) is 6.92 Å². The molecule has 14 heavy (non-hydrogen) atoms. The van der Waals surface area contributed by atoms with Crippen molar-refractivity contribution >= 4 is 9.84 Å². The SMILES string of the molecule is CC1CC(CS(C)(=O)=O)C[N+](C)(C)C1. The lowest BCUT2D eigenvalue weighted by Crippen LogP contribution is -2.51. The molecule has 1 aliphatic rings. The van der Waals surface area contributed by atoms with Gasteiger partial charge in [0.15, 0.2) is 0 Å². The summed E-state index contributed by atoms with van der Waals surface area (Å²) in [5.74, 6) is 1.35. The maximum atomic E-state index is 11.2. The number of rotatable bonds is 2. The average Bonchev–Trinajstić information content (AvgIpc) is 1.74. The van der Waals surface area contributed by atoms with E-state index in [9.17, 15) is 8.42 Å². The number of piperidine rings is 1. The molecule has 0 aliphatic carbocycles. The molecule has 0 radical (unpaired) electrons. The Hall–Kier alpha value is -0.0900. The molecule has 1 saturated heterocycles. The smallest absolute Gasteiger partial charge is 0.147 e. The minimum absolute atomic E-state index is 0.351. The van der Waals surface area contributed by atoms with Gasteiger partial charge < -0.3 is 4.48 Å². The molecular formula is C10H22NO2S+. The average molecular weight is 220 g/mol. The van der Waals surface area contributed by atoms with Gasteiger partial charge in [0.05, 0.1) is 32.9 Å². The van der Waals surface area contributed by atoms with Crippen LogP contribution in [0.1, 0.15) is 13.3 Å². The summed E-state index contributed by atoms with van der Waals surface area (Å²) in [6.07, 6.45) is 2.40. The fraction of sp³-hybridized carbons (Fsp3) is 1.00. The normalized spacial score (nSPS) is 32.9. The van der Waals surface area contributed by atoms with Gasteiger partial charge in [0, 0.05) is 18.1 Å². The zero-order chi connectivity index (χ0) is 11.0. The van der Waals surface area contributed by atoms with Gasteiger partial charge in [-0.15, -0.1) is 0 Å². The molecule has 1 fully saturated rings. The molecule has 0 saturated carbocycles. The van der Waals surface area contributed by atoms with Crippen LogP contribution in [0.5, 0.6) is 0 Å². The Morgan fingerprint density at radius 2 is 1.86 bits per heavy atom. The molecule has 2 atom stereocenters. The van der Waals surface area contributed by atoms with Crippen LogP contribution in [0.2, 0.25) is 0 Å². The number of quaternary nitrogens is 1. The van der Waals surface area contributed by atoms with E-state index < -0.39 is 9.84 Å². The molecule has 3 nitrogen and oxygen atoms in total. The van der Waals surface area contributed by atoms with Gasteiger partial charge in [0.25, 0.3) is 0 Å². The maximum absolute atomic E-state index is 11.2. The van der Waals surface area contributed by atoms with E-state index in [2.05, 4.69) is 21.0 Å². The van der Waals surface area contributed by atoms with Crippen molar-refractivity contribution in [3.63, 3.8) is 0 Å². The first kappa shape index (κ1) is 12.0. The highest BCUT2D eigenvalue weighted by Crippen LogP contribution is 2.25. The minimum Gasteiger partial charge on any atom is -0.328 e. The second-order valence-corrected chi connectivity index (χ2v) is 7.79. The summed E-state index contributed by atoms with van der Waals surface area (Å²) >= 11 is 0. The number of hydrogen-bond acceptors (Lipinski definition) is 2. The van der Waals surface area contributed by atoms with Crippen LogP contribution in [-0.2, 0) is 9.84 Å². The molecule has 0 aromatic heterocycles. The zero-order valence-electron chi connectivity index (χ0n) is 9.66. The van der Waals surface area contributed by atoms with Crippen LogP contribution in [0.4, 0.5) is 0 Å². The van der Waals surface area contributed by atoms with Gasteiger partial charge in [-0.05, 0) is 6.42 Å². The summed E-state index contributed by atoms with van der Waals surface area (Å²) in [4.78, 5) is 0. The highest BCUT2D eigenvalue weighted by molar-refractivity contribution is 7.90. The summed E-state index contributed by atoms with van der Waals surface area (Å²) < 4.78 is 23.4. The van der Waals surface area contributed by atoms with Crippen molar-refractivity contribution < 1.29 is 12.9 Å². The first-order valence-electron chi connectivity index (χ1n) is 5.18. The highest BCUT2D eigenvalue weighted by Gasteiger charge is 2.33. The van der Waals surface area contributed by atoms with E-state index >= 15 is 0 Å². The lowest BCUT2D eigenvalue weighted by molar-refractivity contribution is -0.902. The summed E-state index contributed by atoms with van der Waals surface area (Å²) in [5.41, 5.74) is 0. The van der Waals surface area contributed by atoms with E-state index in [1.54, 1.807) is 0 Å². The summed E-state index contributed by atoms with van der Waals surface area (Å²) in [6.45, 7) is 4.38. The third kappa shape index (κ3) is 3.96. The van der Waals surface area contributed by atoms with Crippen LogP contribution in [-0.4, -0.2) is 52.1 Å². The second kappa shape index (κ2) is 3.81. The Labute approximate surface area is 87.6 Å². The van der Waals surface area contributed by atoms with Crippen molar-refractivity contribution in [3.05, 3.63) is 0 Å². The molecule has 84 valence electrons. The summed E-state index contributed by atoms with van der Waals surface area (Å²) in [6, 6.07) is 0. The second-order valence-electron chi connectivity index (χ2n) is 5.60. The Kier molecular flexibility index (Phi) is 3.26. The van der Waals surface area contributed by atoms with E-state index in [4.69, 9.17) is 0 Å². The van der Waals surface area contributed by atoms with Gasteiger partial charge in [-0.25, -0.2) is 8.42 Å². The monoisotopic (exact) mass is 220 g/mol. The van der Waals surface area contributed by atoms with Gasteiger partial charge in [-0.3, -0.25) is 0 Å². The first-order valence-corrected chi connectivity index (χ1v) is 7.24. The van der Waals surface area contributed by atoms with E-state index in [0.29, 0.717) is 17.6 Å². The summed E-state index contributed by atoms with van der Waals surface area (Å²) in [5, 5.41) is 0. The molecule has 1 rings (SSSR count). The quantitative estimate of drug-likeness (QED) is 0.644. The molecular weight excluding hydrogens is 198 g/mol. The van der Waals surface area contributed by atoms with Gasteiger partial charge >= 0.3 is 0 Å². The van der Waals surface area contributed by atoms with Crippen LogP contribution in [0.15, 0.2) is 0 Å². The third-order valence-corrected chi connectivity index (χ3v) is 3.91. The number of sulfone groups is 1. The Balaban J connectivity index is 2.63. The lowest BCUT2D eigenvalue weighted by Gasteiger charge is -2.40. The van der Waals surface area contributed by atoms with Crippen LogP contribution < -0.4 is 0 Å².